The predicted molar refractivity (Wildman–Crippen MR) is 95.5 cm³/mol. The standard InChI is InChI=1S/C17H33NO5Si/c1-16(2,3)22-15(21)14-12(9-11(18-14)10-13(19)20)23-24(7,8)17(4,5)6/h11-12,14,18H,9-10H2,1-8H3,(H,19,20)/t11-,12-,14+/m1/s1. The summed E-state index contributed by atoms with van der Waals surface area (Å²) in [7, 11) is -2.08. The number of carbonyl (C=O) groups is 2. The van der Waals surface area contributed by atoms with Crippen molar-refractivity contribution in [2.24, 2.45) is 0 Å². The van der Waals surface area contributed by atoms with Gasteiger partial charge in [-0.2, -0.15) is 0 Å². The smallest absolute Gasteiger partial charge is 0.326 e. The molecule has 2 N–H and O–H groups in total. The minimum Gasteiger partial charge on any atom is -0.481 e. The molecule has 1 aliphatic heterocycles. The molecule has 1 fully saturated rings. The summed E-state index contributed by atoms with van der Waals surface area (Å²) in [6, 6.07) is -0.905. The Hall–Kier alpha value is -0.923. The van der Waals surface area contributed by atoms with Gasteiger partial charge >= 0.3 is 11.9 Å². The molecule has 0 radical (unpaired) electrons. The van der Waals surface area contributed by atoms with Crippen LogP contribution in [0.1, 0.15) is 54.4 Å². The molecule has 3 atom stereocenters. The maximum absolute atomic E-state index is 12.5. The number of carboxylic acids is 1. The molecule has 1 aliphatic rings. The second kappa shape index (κ2) is 7.13. The molecule has 0 aliphatic carbocycles. The van der Waals surface area contributed by atoms with Crippen LogP contribution in [0.5, 0.6) is 0 Å². The number of aliphatic carboxylic acids is 1. The largest absolute Gasteiger partial charge is 0.481 e. The Morgan fingerprint density at radius 1 is 1.17 bits per heavy atom. The van der Waals surface area contributed by atoms with Crippen LogP contribution < -0.4 is 5.32 Å². The predicted octanol–water partition coefficient (Wildman–Crippen LogP) is 2.92. The summed E-state index contributed by atoms with van der Waals surface area (Å²) < 4.78 is 11.9. The number of nitrogens with one attached hydrogen (secondary N) is 1. The molecule has 0 aromatic rings. The average molecular weight is 360 g/mol. The second-order valence-electron chi connectivity index (χ2n) is 9.12. The van der Waals surface area contributed by atoms with Crippen molar-refractivity contribution >= 4 is 20.3 Å². The second-order valence-corrected chi connectivity index (χ2v) is 13.9. The van der Waals surface area contributed by atoms with Crippen LogP contribution in [-0.4, -0.2) is 49.2 Å². The highest BCUT2D eigenvalue weighted by Gasteiger charge is 2.47. The van der Waals surface area contributed by atoms with Gasteiger partial charge in [-0.15, -0.1) is 0 Å². The van der Waals surface area contributed by atoms with E-state index in [-0.39, 0.29) is 29.6 Å². The summed E-state index contributed by atoms with van der Waals surface area (Å²) >= 11 is 0. The summed E-state index contributed by atoms with van der Waals surface area (Å²) in [5.41, 5.74) is -0.592. The lowest BCUT2D eigenvalue weighted by Crippen LogP contribution is -2.50. The highest BCUT2D eigenvalue weighted by Crippen LogP contribution is 2.39. The summed E-state index contributed by atoms with van der Waals surface area (Å²) in [4.78, 5) is 23.6. The first-order valence-electron chi connectivity index (χ1n) is 8.51. The molecule has 0 spiro atoms. The highest BCUT2D eigenvalue weighted by molar-refractivity contribution is 6.74. The first-order valence-corrected chi connectivity index (χ1v) is 11.4. The summed E-state index contributed by atoms with van der Waals surface area (Å²) in [5.74, 6) is -1.26. The fourth-order valence-corrected chi connectivity index (χ4v) is 3.80. The van der Waals surface area contributed by atoms with Crippen molar-refractivity contribution < 1.29 is 23.9 Å². The fourth-order valence-electron chi connectivity index (χ4n) is 2.46. The Morgan fingerprint density at radius 2 is 1.71 bits per heavy atom. The maximum Gasteiger partial charge on any atom is 0.326 e. The molecule has 0 aromatic carbocycles. The molecule has 1 heterocycles. The van der Waals surface area contributed by atoms with Gasteiger partial charge in [0.25, 0.3) is 0 Å². The normalized spacial score (nSPS) is 25.6. The van der Waals surface area contributed by atoms with Crippen molar-refractivity contribution in [2.75, 3.05) is 0 Å². The van der Waals surface area contributed by atoms with Crippen LogP contribution in [0.25, 0.3) is 0 Å². The van der Waals surface area contributed by atoms with Gasteiger partial charge in [0.05, 0.1) is 12.5 Å². The van der Waals surface area contributed by atoms with E-state index in [1.807, 2.05) is 20.8 Å². The van der Waals surface area contributed by atoms with Crippen molar-refractivity contribution in [1.29, 1.82) is 0 Å². The van der Waals surface area contributed by atoms with E-state index >= 15 is 0 Å². The van der Waals surface area contributed by atoms with Crippen LogP contribution in [0, 0.1) is 0 Å². The van der Waals surface area contributed by atoms with Crippen LogP contribution in [0.3, 0.4) is 0 Å². The molecule has 6 nitrogen and oxygen atoms in total. The van der Waals surface area contributed by atoms with Gasteiger partial charge in [-0.05, 0) is 45.3 Å². The lowest BCUT2D eigenvalue weighted by molar-refractivity contribution is -0.159. The zero-order chi connectivity index (χ0) is 18.9. The monoisotopic (exact) mass is 359 g/mol. The molecule has 140 valence electrons. The van der Waals surface area contributed by atoms with E-state index < -0.39 is 25.9 Å². The summed E-state index contributed by atoms with van der Waals surface area (Å²) in [6.07, 6.45) is 0.115. The summed E-state index contributed by atoms with van der Waals surface area (Å²) in [5, 5.41) is 12.2. The Bertz CT molecular complexity index is 478. The van der Waals surface area contributed by atoms with Crippen LogP contribution in [-0.2, 0) is 18.8 Å². The van der Waals surface area contributed by atoms with E-state index in [1.54, 1.807) is 0 Å². The van der Waals surface area contributed by atoms with Gasteiger partial charge in [-0.25, -0.2) is 0 Å². The molecule has 0 unspecified atom stereocenters. The highest BCUT2D eigenvalue weighted by atomic mass is 28.4. The molecule has 0 saturated carbocycles. The van der Waals surface area contributed by atoms with Gasteiger partial charge in [0.15, 0.2) is 8.32 Å². The SMILES string of the molecule is CC(C)(C)OC(=O)[C@H]1N[C@@H](CC(=O)O)C[C@H]1O[Si](C)(C)C(C)(C)C. The van der Waals surface area contributed by atoms with E-state index in [0.717, 1.165) is 0 Å². The zero-order valence-electron chi connectivity index (χ0n) is 16.2. The van der Waals surface area contributed by atoms with Crippen LogP contribution in [0.15, 0.2) is 0 Å². The van der Waals surface area contributed by atoms with Gasteiger partial charge < -0.3 is 14.3 Å². The third kappa shape index (κ3) is 5.86. The average Bonchev–Trinajstić information content (AvgIpc) is 2.66. The van der Waals surface area contributed by atoms with E-state index in [2.05, 4.69) is 39.2 Å². The van der Waals surface area contributed by atoms with Gasteiger partial charge in [0.2, 0.25) is 0 Å². The van der Waals surface area contributed by atoms with E-state index in [1.165, 1.54) is 0 Å². The summed E-state index contributed by atoms with van der Waals surface area (Å²) in [6.45, 7) is 16.1. The first kappa shape index (κ1) is 21.1. The number of hydrogen-bond acceptors (Lipinski definition) is 5. The van der Waals surface area contributed by atoms with E-state index in [9.17, 15) is 9.59 Å². The number of carboxylic acid groups (broad SMARTS) is 1. The van der Waals surface area contributed by atoms with E-state index in [4.69, 9.17) is 14.3 Å². The Labute approximate surface area is 146 Å². The molecular formula is C17H33NO5Si. The fraction of sp³-hybridized carbons (Fsp3) is 0.882. The third-order valence-corrected chi connectivity index (χ3v) is 9.14. The molecule has 1 rings (SSSR count). The molecular weight excluding hydrogens is 326 g/mol. The Morgan fingerprint density at radius 3 is 2.12 bits per heavy atom. The van der Waals surface area contributed by atoms with Crippen LogP contribution in [0.4, 0.5) is 0 Å². The maximum atomic E-state index is 12.5. The van der Waals surface area contributed by atoms with Crippen molar-refractivity contribution in [2.45, 2.75) is 96.3 Å². The minimum atomic E-state index is -2.08. The first-order chi connectivity index (χ1) is 10.6. The molecule has 7 heteroatoms. The van der Waals surface area contributed by atoms with Crippen molar-refractivity contribution in [3.05, 3.63) is 0 Å². The zero-order valence-corrected chi connectivity index (χ0v) is 17.2. The van der Waals surface area contributed by atoms with Gasteiger partial charge in [0, 0.05) is 6.04 Å². The number of hydrogen-bond donors (Lipinski definition) is 2. The minimum absolute atomic E-state index is 0.0103. The molecule has 1 saturated heterocycles. The molecule has 0 bridgehead atoms. The Kier molecular flexibility index (Phi) is 6.28. The number of esters is 1. The van der Waals surface area contributed by atoms with Crippen molar-refractivity contribution in [3.8, 4) is 0 Å². The topological polar surface area (TPSA) is 84.9 Å². The molecule has 0 amide bonds. The lowest BCUT2D eigenvalue weighted by Gasteiger charge is -2.39. The molecule has 24 heavy (non-hydrogen) atoms. The van der Waals surface area contributed by atoms with Gasteiger partial charge in [-0.1, -0.05) is 20.8 Å². The lowest BCUT2D eigenvalue weighted by atomic mass is 10.1. The van der Waals surface area contributed by atoms with Crippen molar-refractivity contribution in [3.63, 3.8) is 0 Å². The number of rotatable bonds is 5. The van der Waals surface area contributed by atoms with Crippen LogP contribution in [0.2, 0.25) is 18.1 Å². The molecule has 0 aromatic heterocycles. The van der Waals surface area contributed by atoms with E-state index in [0.29, 0.717) is 6.42 Å². The van der Waals surface area contributed by atoms with Gasteiger partial charge in [-0.3, -0.25) is 14.9 Å². The number of carbonyl (C=O) groups excluding carboxylic acids is 1. The number of ether oxygens (including phenoxy) is 1. The van der Waals surface area contributed by atoms with Gasteiger partial charge in [0.1, 0.15) is 11.6 Å². The van der Waals surface area contributed by atoms with Crippen molar-refractivity contribution in [1.82, 2.24) is 5.32 Å². The van der Waals surface area contributed by atoms with Crippen LogP contribution >= 0.6 is 0 Å². The Balaban J connectivity index is 2.94. The third-order valence-electron chi connectivity index (χ3n) is 4.64. The quantitative estimate of drug-likeness (QED) is 0.580.